The Labute approximate surface area is 106 Å². The van der Waals surface area contributed by atoms with Crippen molar-refractivity contribution in [1.29, 1.82) is 0 Å². The molecule has 18 heavy (non-hydrogen) atoms. The number of piperazine rings is 1. The highest BCUT2D eigenvalue weighted by Crippen LogP contribution is 2.06. The van der Waals surface area contributed by atoms with Crippen LogP contribution in [0.25, 0.3) is 0 Å². The second kappa shape index (κ2) is 5.88. The molecule has 6 nitrogen and oxygen atoms in total. The molecule has 0 saturated carbocycles. The summed E-state index contributed by atoms with van der Waals surface area (Å²) in [7, 11) is 0. The zero-order valence-corrected chi connectivity index (χ0v) is 10.5. The van der Waals surface area contributed by atoms with Crippen molar-refractivity contribution in [2.24, 2.45) is 0 Å². The fourth-order valence-corrected chi connectivity index (χ4v) is 1.98. The van der Waals surface area contributed by atoms with Gasteiger partial charge in [-0.05, 0) is 6.92 Å². The largest absolute Gasteiger partial charge is 0.395 e. The topological polar surface area (TPSA) is 69.6 Å². The number of β-amino-alcohol motifs (C(OH)–C–C–N with tert-alkyl or cyclic N) is 1. The molecule has 1 saturated heterocycles. The van der Waals surface area contributed by atoms with E-state index in [9.17, 15) is 4.79 Å². The lowest BCUT2D eigenvalue weighted by molar-refractivity contribution is 0.0609. The van der Waals surface area contributed by atoms with Crippen molar-refractivity contribution >= 4 is 5.91 Å². The first-order valence-corrected chi connectivity index (χ1v) is 6.12. The molecule has 6 heteroatoms. The van der Waals surface area contributed by atoms with Gasteiger partial charge in [-0.25, -0.2) is 4.98 Å². The lowest BCUT2D eigenvalue weighted by Crippen LogP contribution is -2.49. The average molecular weight is 250 g/mol. The average Bonchev–Trinajstić information content (AvgIpc) is 2.40. The number of rotatable bonds is 3. The smallest absolute Gasteiger partial charge is 0.274 e. The summed E-state index contributed by atoms with van der Waals surface area (Å²) in [4.78, 5) is 24.2. The highest BCUT2D eigenvalue weighted by molar-refractivity contribution is 5.92. The third-order valence-electron chi connectivity index (χ3n) is 3.08. The predicted molar refractivity (Wildman–Crippen MR) is 66.2 cm³/mol. The molecule has 1 amide bonds. The van der Waals surface area contributed by atoms with Crippen molar-refractivity contribution in [3.05, 3.63) is 23.8 Å². The van der Waals surface area contributed by atoms with Gasteiger partial charge in [0, 0.05) is 38.9 Å². The van der Waals surface area contributed by atoms with Gasteiger partial charge in [0.25, 0.3) is 5.91 Å². The minimum Gasteiger partial charge on any atom is -0.395 e. The molecule has 1 fully saturated rings. The molecule has 2 rings (SSSR count). The van der Waals surface area contributed by atoms with Gasteiger partial charge in [-0.1, -0.05) is 0 Å². The van der Waals surface area contributed by atoms with E-state index in [4.69, 9.17) is 5.11 Å². The minimum absolute atomic E-state index is 0.0638. The van der Waals surface area contributed by atoms with Gasteiger partial charge in [0.15, 0.2) is 0 Å². The van der Waals surface area contributed by atoms with E-state index in [0.29, 0.717) is 25.3 Å². The molecular formula is C12H18N4O2. The molecule has 1 aliphatic heterocycles. The number of hydrogen-bond acceptors (Lipinski definition) is 5. The van der Waals surface area contributed by atoms with Crippen LogP contribution in [0.2, 0.25) is 0 Å². The number of aliphatic hydroxyl groups is 1. The summed E-state index contributed by atoms with van der Waals surface area (Å²) >= 11 is 0. The number of hydrogen-bond donors (Lipinski definition) is 1. The Morgan fingerprint density at radius 3 is 2.56 bits per heavy atom. The first kappa shape index (κ1) is 12.9. The second-order valence-electron chi connectivity index (χ2n) is 4.40. The summed E-state index contributed by atoms with van der Waals surface area (Å²) in [5, 5.41) is 8.86. The van der Waals surface area contributed by atoms with Crippen molar-refractivity contribution in [2.45, 2.75) is 6.92 Å². The summed E-state index contributed by atoms with van der Waals surface area (Å²) < 4.78 is 0. The lowest BCUT2D eigenvalue weighted by atomic mass is 10.3. The van der Waals surface area contributed by atoms with Crippen LogP contribution in [0.15, 0.2) is 12.4 Å². The van der Waals surface area contributed by atoms with Crippen molar-refractivity contribution < 1.29 is 9.90 Å². The third-order valence-corrected chi connectivity index (χ3v) is 3.08. The Morgan fingerprint density at radius 1 is 1.28 bits per heavy atom. The quantitative estimate of drug-likeness (QED) is 0.786. The number of carbonyl (C=O) groups is 1. The Morgan fingerprint density at radius 2 is 2.00 bits per heavy atom. The van der Waals surface area contributed by atoms with E-state index in [-0.39, 0.29) is 12.5 Å². The van der Waals surface area contributed by atoms with Gasteiger partial charge in [0.1, 0.15) is 5.69 Å². The van der Waals surface area contributed by atoms with Gasteiger partial charge in [-0.15, -0.1) is 0 Å². The summed E-state index contributed by atoms with van der Waals surface area (Å²) in [6.45, 7) is 5.62. The van der Waals surface area contributed by atoms with E-state index >= 15 is 0 Å². The number of amides is 1. The fraction of sp³-hybridized carbons (Fsp3) is 0.583. The monoisotopic (exact) mass is 250 g/mol. The molecule has 2 heterocycles. The van der Waals surface area contributed by atoms with E-state index in [0.717, 1.165) is 18.8 Å². The van der Waals surface area contributed by atoms with Crippen LogP contribution in [0.1, 0.15) is 16.2 Å². The number of nitrogens with zero attached hydrogens (tertiary/aromatic N) is 4. The Kier molecular flexibility index (Phi) is 4.22. The number of carbonyl (C=O) groups excluding carboxylic acids is 1. The van der Waals surface area contributed by atoms with Crippen LogP contribution in [0.4, 0.5) is 0 Å². The Bertz CT molecular complexity index is 399. The standard InChI is InChI=1S/C12H18N4O2/c1-10-8-14-11(9-13-10)12(18)16-4-2-15(3-5-16)6-7-17/h8-9,17H,2-7H2,1H3. The van der Waals surface area contributed by atoms with Gasteiger partial charge < -0.3 is 10.0 Å². The van der Waals surface area contributed by atoms with Crippen LogP contribution in [0.5, 0.6) is 0 Å². The van der Waals surface area contributed by atoms with Crippen LogP contribution < -0.4 is 0 Å². The molecular weight excluding hydrogens is 232 g/mol. The maximum absolute atomic E-state index is 12.1. The number of aryl methyl sites for hydroxylation is 1. The summed E-state index contributed by atoms with van der Waals surface area (Å²) in [6.07, 6.45) is 3.13. The first-order valence-electron chi connectivity index (χ1n) is 6.12. The highest BCUT2D eigenvalue weighted by Gasteiger charge is 2.22. The van der Waals surface area contributed by atoms with Gasteiger partial charge in [0.05, 0.1) is 18.5 Å². The maximum atomic E-state index is 12.1. The maximum Gasteiger partial charge on any atom is 0.274 e. The zero-order valence-electron chi connectivity index (χ0n) is 10.5. The SMILES string of the molecule is Cc1cnc(C(=O)N2CCN(CCO)CC2)cn1. The Balaban J connectivity index is 1.93. The summed E-state index contributed by atoms with van der Waals surface area (Å²) in [5.74, 6) is -0.0638. The van der Waals surface area contributed by atoms with Crippen molar-refractivity contribution in [3.63, 3.8) is 0 Å². The van der Waals surface area contributed by atoms with Gasteiger partial charge >= 0.3 is 0 Å². The number of aromatic nitrogens is 2. The predicted octanol–water partition coefficient (Wildman–Crippen LogP) is -0.465. The molecule has 1 N–H and O–H groups in total. The molecule has 1 aromatic heterocycles. The second-order valence-corrected chi connectivity index (χ2v) is 4.40. The van der Waals surface area contributed by atoms with Crippen LogP contribution in [-0.4, -0.2) is 70.1 Å². The Hall–Kier alpha value is -1.53. The summed E-state index contributed by atoms with van der Waals surface area (Å²) in [5.41, 5.74) is 1.20. The molecule has 0 aliphatic carbocycles. The van der Waals surface area contributed by atoms with Crippen molar-refractivity contribution in [3.8, 4) is 0 Å². The van der Waals surface area contributed by atoms with Crippen molar-refractivity contribution in [1.82, 2.24) is 19.8 Å². The van der Waals surface area contributed by atoms with Crippen LogP contribution in [-0.2, 0) is 0 Å². The van der Waals surface area contributed by atoms with Gasteiger partial charge in [-0.3, -0.25) is 14.7 Å². The van der Waals surface area contributed by atoms with Crippen molar-refractivity contribution in [2.75, 3.05) is 39.3 Å². The van der Waals surface area contributed by atoms with E-state index in [1.807, 2.05) is 6.92 Å². The summed E-state index contributed by atoms with van der Waals surface area (Å²) in [6, 6.07) is 0. The molecule has 0 unspecified atom stereocenters. The van der Waals surface area contributed by atoms with Crippen LogP contribution in [0.3, 0.4) is 0 Å². The van der Waals surface area contributed by atoms with E-state index in [1.54, 1.807) is 11.1 Å². The van der Waals surface area contributed by atoms with E-state index in [1.165, 1.54) is 6.20 Å². The third kappa shape index (κ3) is 3.02. The first-order chi connectivity index (χ1) is 8.70. The molecule has 0 spiro atoms. The van der Waals surface area contributed by atoms with Gasteiger partial charge in [0.2, 0.25) is 0 Å². The van der Waals surface area contributed by atoms with E-state index < -0.39 is 0 Å². The van der Waals surface area contributed by atoms with Crippen LogP contribution >= 0.6 is 0 Å². The van der Waals surface area contributed by atoms with Crippen LogP contribution in [0, 0.1) is 6.92 Å². The highest BCUT2D eigenvalue weighted by atomic mass is 16.3. The fourth-order valence-electron chi connectivity index (χ4n) is 1.98. The molecule has 1 aliphatic rings. The van der Waals surface area contributed by atoms with E-state index in [2.05, 4.69) is 14.9 Å². The molecule has 98 valence electrons. The molecule has 0 bridgehead atoms. The normalized spacial score (nSPS) is 16.9. The lowest BCUT2D eigenvalue weighted by Gasteiger charge is -2.34. The molecule has 0 atom stereocenters. The number of aliphatic hydroxyl groups excluding tert-OH is 1. The molecule has 0 aromatic carbocycles. The molecule has 0 radical (unpaired) electrons. The molecule has 1 aromatic rings. The van der Waals surface area contributed by atoms with Gasteiger partial charge in [-0.2, -0.15) is 0 Å². The minimum atomic E-state index is -0.0638. The zero-order chi connectivity index (χ0) is 13.0.